The van der Waals surface area contributed by atoms with Crippen LogP contribution in [0, 0.1) is 0 Å². The van der Waals surface area contributed by atoms with E-state index in [0.29, 0.717) is 16.2 Å². The number of carbonyl (C=O) groups is 1. The maximum absolute atomic E-state index is 12.3. The largest absolute Gasteiger partial charge is 0.497 e. The van der Waals surface area contributed by atoms with Gasteiger partial charge in [-0.2, -0.15) is 13.2 Å². The number of hydrogen-bond donors (Lipinski definition) is 1. The van der Waals surface area contributed by atoms with Gasteiger partial charge in [-0.3, -0.25) is 4.79 Å². The second-order valence-corrected chi connectivity index (χ2v) is 4.21. The number of alkyl halides is 3. The van der Waals surface area contributed by atoms with Crippen molar-refractivity contribution in [1.82, 2.24) is 4.90 Å². The van der Waals surface area contributed by atoms with Crippen LogP contribution in [0.25, 0.3) is 6.08 Å². The molecule has 4 nitrogen and oxygen atoms in total. The van der Waals surface area contributed by atoms with Crippen LogP contribution in [0.5, 0.6) is 5.75 Å². The first kappa shape index (κ1) is 17.0. The van der Waals surface area contributed by atoms with Crippen LogP contribution in [-0.4, -0.2) is 48.9 Å². The molecule has 1 aromatic carbocycles. The van der Waals surface area contributed by atoms with Gasteiger partial charge in [-0.1, -0.05) is 12.1 Å². The monoisotopic (exact) mass is 303 g/mol. The number of aliphatic hydroxyl groups is 1. The zero-order chi connectivity index (χ0) is 15.9. The Kier molecular flexibility index (Phi) is 6.23. The Bertz CT molecular complexity index is 500. The lowest BCUT2D eigenvalue weighted by atomic mass is 10.2. The van der Waals surface area contributed by atoms with Gasteiger partial charge in [0.2, 0.25) is 5.91 Å². The lowest BCUT2D eigenvalue weighted by Gasteiger charge is -2.21. The molecule has 1 aromatic rings. The van der Waals surface area contributed by atoms with E-state index in [1.165, 1.54) is 13.2 Å². The maximum atomic E-state index is 12.3. The van der Waals surface area contributed by atoms with Crippen molar-refractivity contribution in [2.45, 2.75) is 6.18 Å². The molecule has 1 amide bonds. The lowest BCUT2D eigenvalue weighted by molar-refractivity contribution is -0.158. The highest BCUT2D eigenvalue weighted by atomic mass is 19.4. The molecule has 0 aliphatic carbocycles. The summed E-state index contributed by atoms with van der Waals surface area (Å²) < 4.78 is 42.0. The van der Waals surface area contributed by atoms with E-state index in [1.807, 2.05) is 0 Å². The zero-order valence-corrected chi connectivity index (χ0v) is 11.4. The second kappa shape index (κ2) is 7.68. The maximum Gasteiger partial charge on any atom is 0.406 e. The molecule has 0 aliphatic rings. The Hall–Kier alpha value is -2.02. The summed E-state index contributed by atoms with van der Waals surface area (Å²) in [5, 5.41) is 8.73. The van der Waals surface area contributed by atoms with E-state index in [2.05, 4.69) is 0 Å². The third-order valence-corrected chi connectivity index (χ3v) is 2.56. The van der Waals surface area contributed by atoms with Crippen molar-refractivity contribution in [3.63, 3.8) is 0 Å². The SMILES string of the molecule is COc1cccc(/C=C/C(=O)N(CCO)CC(F)(F)F)c1. The number of amides is 1. The first-order valence-corrected chi connectivity index (χ1v) is 6.14. The molecule has 0 aromatic heterocycles. The van der Waals surface area contributed by atoms with Gasteiger partial charge < -0.3 is 14.7 Å². The average molecular weight is 303 g/mol. The summed E-state index contributed by atoms with van der Waals surface area (Å²) in [5.41, 5.74) is 0.624. The molecule has 0 saturated carbocycles. The molecule has 0 unspecified atom stereocenters. The van der Waals surface area contributed by atoms with Gasteiger partial charge in [0.1, 0.15) is 12.3 Å². The number of rotatable bonds is 6. The Morgan fingerprint density at radius 2 is 2.14 bits per heavy atom. The predicted octanol–water partition coefficient (Wildman–Crippen LogP) is 2.09. The Morgan fingerprint density at radius 1 is 1.43 bits per heavy atom. The van der Waals surface area contributed by atoms with Crippen molar-refractivity contribution in [2.24, 2.45) is 0 Å². The molecule has 0 aliphatic heterocycles. The number of nitrogens with zero attached hydrogens (tertiary/aromatic N) is 1. The van der Waals surface area contributed by atoms with Crippen molar-refractivity contribution < 1.29 is 27.8 Å². The van der Waals surface area contributed by atoms with Crippen molar-refractivity contribution in [3.8, 4) is 5.75 Å². The smallest absolute Gasteiger partial charge is 0.406 e. The minimum Gasteiger partial charge on any atom is -0.497 e. The van der Waals surface area contributed by atoms with Crippen molar-refractivity contribution >= 4 is 12.0 Å². The standard InChI is InChI=1S/C14H16F3NO3/c1-21-12-4-2-3-11(9-12)5-6-13(20)18(7-8-19)10-14(15,16)17/h2-6,9,19H,7-8,10H2,1H3/b6-5+. The molecule has 0 heterocycles. The Morgan fingerprint density at radius 3 is 2.71 bits per heavy atom. The lowest BCUT2D eigenvalue weighted by Crippen LogP contribution is -2.39. The van der Waals surface area contributed by atoms with E-state index in [0.717, 1.165) is 6.08 Å². The van der Waals surface area contributed by atoms with Crippen LogP contribution in [0.4, 0.5) is 13.2 Å². The van der Waals surface area contributed by atoms with Crippen molar-refractivity contribution in [1.29, 1.82) is 0 Å². The van der Waals surface area contributed by atoms with E-state index in [4.69, 9.17) is 9.84 Å². The van der Waals surface area contributed by atoms with Gasteiger partial charge in [0.15, 0.2) is 0 Å². The average Bonchev–Trinajstić information content (AvgIpc) is 2.43. The molecule has 21 heavy (non-hydrogen) atoms. The highest BCUT2D eigenvalue weighted by Gasteiger charge is 2.32. The summed E-state index contributed by atoms with van der Waals surface area (Å²) in [5.74, 6) is -0.240. The van der Waals surface area contributed by atoms with Gasteiger partial charge in [-0.05, 0) is 23.8 Å². The molecule has 0 saturated heterocycles. The first-order chi connectivity index (χ1) is 9.85. The normalized spacial score (nSPS) is 11.7. The van der Waals surface area contributed by atoms with Crippen LogP contribution in [-0.2, 0) is 4.79 Å². The van der Waals surface area contributed by atoms with Crippen molar-refractivity contribution in [2.75, 3.05) is 26.8 Å². The molecule has 0 atom stereocenters. The fraction of sp³-hybridized carbons (Fsp3) is 0.357. The summed E-state index contributed by atoms with van der Waals surface area (Å²) >= 11 is 0. The van der Waals surface area contributed by atoms with Crippen LogP contribution in [0.2, 0.25) is 0 Å². The second-order valence-electron chi connectivity index (χ2n) is 4.21. The number of aliphatic hydroxyl groups excluding tert-OH is 1. The summed E-state index contributed by atoms with van der Waals surface area (Å²) in [6.07, 6.45) is -2.07. The number of benzene rings is 1. The number of halogens is 3. The number of ether oxygens (including phenoxy) is 1. The fourth-order valence-corrected chi connectivity index (χ4v) is 1.62. The summed E-state index contributed by atoms with van der Waals surface area (Å²) in [6.45, 7) is -2.30. The number of hydrogen-bond acceptors (Lipinski definition) is 3. The molecule has 7 heteroatoms. The molecule has 0 radical (unpaired) electrons. The Balaban J connectivity index is 2.77. The molecular weight excluding hydrogens is 287 g/mol. The van der Waals surface area contributed by atoms with E-state index in [-0.39, 0.29) is 6.54 Å². The third kappa shape index (κ3) is 6.31. The molecule has 0 fully saturated rings. The molecular formula is C14H16F3NO3. The van der Waals surface area contributed by atoms with Gasteiger partial charge in [0.05, 0.1) is 13.7 Å². The third-order valence-electron chi connectivity index (χ3n) is 2.56. The molecule has 1 N–H and O–H groups in total. The molecule has 0 spiro atoms. The molecule has 1 rings (SSSR count). The van der Waals surface area contributed by atoms with Crippen LogP contribution in [0.3, 0.4) is 0 Å². The van der Waals surface area contributed by atoms with Gasteiger partial charge in [0, 0.05) is 12.6 Å². The number of carbonyl (C=O) groups excluding carboxylic acids is 1. The summed E-state index contributed by atoms with van der Waals surface area (Å²) in [4.78, 5) is 12.3. The molecule has 116 valence electrons. The van der Waals surface area contributed by atoms with Crippen molar-refractivity contribution in [3.05, 3.63) is 35.9 Å². The predicted molar refractivity (Wildman–Crippen MR) is 71.7 cm³/mol. The first-order valence-electron chi connectivity index (χ1n) is 6.14. The van der Waals surface area contributed by atoms with Crippen LogP contribution in [0.1, 0.15) is 5.56 Å². The van der Waals surface area contributed by atoms with Crippen LogP contribution in [0.15, 0.2) is 30.3 Å². The summed E-state index contributed by atoms with van der Waals surface area (Å²) in [7, 11) is 1.49. The summed E-state index contributed by atoms with van der Waals surface area (Å²) in [6, 6.07) is 6.74. The Labute approximate surface area is 120 Å². The quantitative estimate of drug-likeness (QED) is 0.819. The zero-order valence-electron chi connectivity index (χ0n) is 11.4. The number of methoxy groups -OCH3 is 1. The van der Waals surface area contributed by atoms with Gasteiger partial charge in [-0.15, -0.1) is 0 Å². The minimum absolute atomic E-state index is 0.374. The highest BCUT2D eigenvalue weighted by molar-refractivity contribution is 5.91. The van der Waals surface area contributed by atoms with Crippen LogP contribution >= 0.6 is 0 Å². The van der Waals surface area contributed by atoms with E-state index in [9.17, 15) is 18.0 Å². The fourth-order valence-electron chi connectivity index (χ4n) is 1.62. The minimum atomic E-state index is -4.51. The van der Waals surface area contributed by atoms with E-state index >= 15 is 0 Å². The topological polar surface area (TPSA) is 49.8 Å². The highest BCUT2D eigenvalue weighted by Crippen LogP contribution is 2.17. The van der Waals surface area contributed by atoms with Gasteiger partial charge in [0.25, 0.3) is 0 Å². The molecule has 0 bridgehead atoms. The van der Waals surface area contributed by atoms with Gasteiger partial charge >= 0.3 is 6.18 Å². The van der Waals surface area contributed by atoms with E-state index < -0.39 is 25.2 Å². The van der Waals surface area contributed by atoms with Crippen LogP contribution < -0.4 is 4.74 Å². The van der Waals surface area contributed by atoms with E-state index in [1.54, 1.807) is 24.3 Å². The van der Waals surface area contributed by atoms with Gasteiger partial charge in [-0.25, -0.2) is 0 Å².